The average molecular weight is 266 g/mol. The molecule has 1 aromatic heterocycles. The van der Waals surface area contributed by atoms with E-state index in [-0.39, 0.29) is 0 Å². The van der Waals surface area contributed by atoms with Crippen LogP contribution in [0.25, 0.3) is 0 Å². The Hall–Kier alpha value is -0.380. The van der Waals surface area contributed by atoms with Gasteiger partial charge in [0.05, 0.1) is 0 Å². The number of hydrogen-bond donors (Lipinski definition) is 1. The highest BCUT2D eigenvalue weighted by molar-refractivity contribution is 7.10. The molecule has 0 aliphatic carbocycles. The number of thiophene rings is 1. The maximum atomic E-state index is 3.79. The molecule has 2 heterocycles. The van der Waals surface area contributed by atoms with Crippen LogP contribution in [0.15, 0.2) is 17.5 Å². The average Bonchev–Trinajstić information content (AvgIpc) is 2.99. The summed E-state index contributed by atoms with van der Waals surface area (Å²) >= 11 is 1.87. The summed E-state index contributed by atoms with van der Waals surface area (Å²) < 4.78 is 0. The first-order chi connectivity index (χ1) is 8.70. The highest BCUT2D eigenvalue weighted by atomic mass is 32.1. The van der Waals surface area contributed by atoms with Gasteiger partial charge in [0.25, 0.3) is 0 Å². The molecule has 1 saturated heterocycles. The third-order valence-electron chi connectivity index (χ3n) is 3.96. The van der Waals surface area contributed by atoms with Gasteiger partial charge in [-0.1, -0.05) is 26.8 Å². The number of nitrogens with one attached hydrogen (secondary N) is 1. The van der Waals surface area contributed by atoms with E-state index in [0.717, 1.165) is 12.5 Å². The predicted molar refractivity (Wildman–Crippen MR) is 80.1 cm³/mol. The standard InChI is InChI=1S/C15H26N2S/c1-4-17-8-7-13(11-17)10-16-15(12(2)3)14-6-5-9-18-14/h5-6,9,12-13,15-16H,4,7-8,10-11H2,1-3H3. The van der Waals surface area contributed by atoms with Crippen molar-refractivity contribution in [1.29, 1.82) is 0 Å². The molecule has 1 N–H and O–H groups in total. The first-order valence-corrected chi connectivity index (χ1v) is 8.07. The third-order valence-corrected chi connectivity index (χ3v) is 4.92. The molecule has 18 heavy (non-hydrogen) atoms. The molecule has 0 spiro atoms. The fourth-order valence-electron chi connectivity index (χ4n) is 2.79. The van der Waals surface area contributed by atoms with Gasteiger partial charge in [-0.15, -0.1) is 11.3 Å². The van der Waals surface area contributed by atoms with Crippen molar-refractivity contribution in [3.05, 3.63) is 22.4 Å². The Morgan fingerprint density at radius 3 is 2.89 bits per heavy atom. The van der Waals surface area contributed by atoms with Crippen molar-refractivity contribution in [2.24, 2.45) is 11.8 Å². The molecule has 3 heteroatoms. The lowest BCUT2D eigenvalue weighted by Crippen LogP contribution is -2.31. The van der Waals surface area contributed by atoms with E-state index in [1.807, 2.05) is 11.3 Å². The summed E-state index contributed by atoms with van der Waals surface area (Å²) in [5, 5.41) is 5.97. The van der Waals surface area contributed by atoms with Crippen molar-refractivity contribution in [1.82, 2.24) is 10.2 Å². The Kier molecular flexibility index (Phi) is 5.22. The Labute approximate surface area is 115 Å². The van der Waals surface area contributed by atoms with Crippen LogP contribution in [0.1, 0.15) is 38.1 Å². The zero-order valence-corrected chi connectivity index (χ0v) is 12.7. The predicted octanol–water partition coefficient (Wildman–Crippen LogP) is 3.38. The molecule has 2 nitrogen and oxygen atoms in total. The van der Waals surface area contributed by atoms with Crippen molar-refractivity contribution in [2.45, 2.75) is 33.2 Å². The normalized spacial score (nSPS) is 22.8. The summed E-state index contributed by atoms with van der Waals surface area (Å²) in [5.74, 6) is 1.50. The van der Waals surface area contributed by atoms with E-state index in [2.05, 4.69) is 48.5 Å². The van der Waals surface area contributed by atoms with Crippen molar-refractivity contribution in [2.75, 3.05) is 26.2 Å². The molecule has 102 valence electrons. The van der Waals surface area contributed by atoms with Crippen LogP contribution >= 0.6 is 11.3 Å². The second kappa shape index (κ2) is 6.69. The molecule has 1 aromatic rings. The summed E-state index contributed by atoms with van der Waals surface area (Å²) in [4.78, 5) is 4.04. The van der Waals surface area contributed by atoms with E-state index in [9.17, 15) is 0 Å². The minimum absolute atomic E-state index is 0.528. The van der Waals surface area contributed by atoms with Crippen molar-refractivity contribution < 1.29 is 0 Å². The highest BCUT2D eigenvalue weighted by Gasteiger charge is 2.23. The second-order valence-electron chi connectivity index (χ2n) is 5.69. The molecular formula is C15H26N2S. The lowest BCUT2D eigenvalue weighted by Gasteiger charge is -2.23. The van der Waals surface area contributed by atoms with Crippen LogP contribution in [0.3, 0.4) is 0 Å². The number of hydrogen-bond acceptors (Lipinski definition) is 3. The summed E-state index contributed by atoms with van der Waals surface area (Å²) in [5.41, 5.74) is 0. The summed E-state index contributed by atoms with van der Waals surface area (Å²) in [6.07, 6.45) is 1.36. The maximum Gasteiger partial charge on any atom is 0.0438 e. The van der Waals surface area contributed by atoms with Crippen LogP contribution in [0.4, 0.5) is 0 Å². The molecule has 0 radical (unpaired) electrons. The van der Waals surface area contributed by atoms with Crippen LogP contribution in [0.5, 0.6) is 0 Å². The fourth-order valence-corrected chi connectivity index (χ4v) is 3.77. The van der Waals surface area contributed by atoms with Gasteiger partial charge in [-0.3, -0.25) is 0 Å². The Balaban J connectivity index is 1.84. The Morgan fingerprint density at radius 2 is 2.33 bits per heavy atom. The fraction of sp³-hybridized carbons (Fsp3) is 0.733. The summed E-state index contributed by atoms with van der Waals surface area (Å²) in [7, 11) is 0. The summed E-state index contributed by atoms with van der Waals surface area (Å²) in [6.45, 7) is 11.8. The van der Waals surface area contributed by atoms with Crippen LogP contribution in [-0.4, -0.2) is 31.1 Å². The number of nitrogens with zero attached hydrogens (tertiary/aromatic N) is 1. The van der Waals surface area contributed by atoms with Gasteiger partial charge < -0.3 is 10.2 Å². The molecule has 1 aliphatic rings. The van der Waals surface area contributed by atoms with Crippen molar-refractivity contribution >= 4 is 11.3 Å². The van der Waals surface area contributed by atoms with Gasteiger partial charge in [0.1, 0.15) is 0 Å². The van der Waals surface area contributed by atoms with Crippen LogP contribution in [-0.2, 0) is 0 Å². The first kappa shape index (κ1) is 14.0. The molecule has 0 saturated carbocycles. The van der Waals surface area contributed by atoms with E-state index >= 15 is 0 Å². The zero-order chi connectivity index (χ0) is 13.0. The minimum atomic E-state index is 0.528. The molecular weight excluding hydrogens is 240 g/mol. The topological polar surface area (TPSA) is 15.3 Å². The van der Waals surface area contributed by atoms with E-state index in [1.165, 1.54) is 30.9 Å². The lowest BCUT2D eigenvalue weighted by molar-refractivity contribution is 0.327. The van der Waals surface area contributed by atoms with Gasteiger partial charge in [0, 0.05) is 17.5 Å². The quantitative estimate of drug-likeness (QED) is 0.849. The van der Waals surface area contributed by atoms with Gasteiger partial charge in [-0.05, 0) is 49.3 Å². The molecule has 0 aromatic carbocycles. The maximum absolute atomic E-state index is 3.79. The molecule has 2 rings (SSSR count). The molecule has 2 atom stereocenters. The minimum Gasteiger partial charge on any atom is -0.309 e. The highest BCUT2D eigenvalue weighted by Crippen LogP contribution is 2.26. The van der Waals surface area contributed by atoms with E-state index in [0.29, 0.717) is 12.0 Å². The van der Waals surface area contributed by atoms with Gasteiger partial charge in [-0.2, -0.15) is 0 Å². The number of likely N-dealkylation sites (tertiary alicyclic amines) is 1. The Morgan fingerprint density at radius 1 is 1.50 bits per heavy atom. The smallest absolute Gasteiger partial charge is 0.0438 e. The van der Waals surface area contributed by atoms with Crippen LogP contribution in [0, 0.1) is 11.8 Å². The SMILES string of the molecule is CCN1CCC(CNC(c2cccs2)C(C)C)C1. The summed E-state index contributed by atoms with van der Waals surface area (Å²) in [6, 6.07) is 4.95. The zero-order valence-electron chi connectivity index (χ0n) is 11.9. The van der Waals surface area contributed by atoms with Gasteiger partial charge in [-0.25, -0.2) is 0 Å². The largest absolute Gasteiger partial charge is 0.309 e. The molecule has 0 bridgehead atoms. The monoisotopic (exact) mass is 266 g/mol. The third kappa shape index (κ3) is 3.56. The van der Waals surface area contributed by atoms with Crippen molar-refractivity contribution in [3.8, 4) is 0 Å². The first-order valence-electron chi connectivity index (χ1n) is 7.19. The van der Waals surface area contributed by atoms with E-state index in [1.54, 1.807) is 0 Å². The van der Waals surface area contributed by atoms with E-state index < -0.39 is 0 Å². The Bertz CT molecular complexity index is 334. The van der Waals surface area contributed by atoms with Gasteiger partial charge in [0.2, 0.25) is 0 Å². The lowest BCUT2D eigenvalue weighted by atomic mass is 10.0. The molecule has 1 aliphatic heterocycles. The molecule has 0 amide bonds. The molecule has 1 fully saturated rings. The van der Waals surface area contributed by atoms with Gasteiger partial charge in [0.15, 0.2) is 0 Å². The van der Waals surface area contributed by atoms with E-state index in [4.69, 9.17) is 0 Å². The second-order valence-corrected chi connectivity index (χ2v) is 6.67. The van der Waals surface area contributed by atoms with Crippen LogP contribution < -0.4 is 5.32 Å². The molecule has 2 unspecified atom stereocenters. The number of rotatable bonds is 6. The van der Waals surface area contributed by atoms with Crippen molar-refractivity contribution in [3.63, 3.8) is 0 Å². The van der Waals surface area contributed by atoms with Crippen LogP contribution in [0.2, 0.25) is 0 Å². The van der Waals surface area contributed by atoms with Gasteiger partial charge >= 0.3 is 0 Å².